The Hall–Kier alpha value is -1.82. The van der Waals surface area contributed by atoms with Crippen LogP contribution < -0.4 is 0 Å². The van der Waals surface area contributed by atoms with Crippen LogP contribution in [-0.4, -0.2) is 0 Å². The molecule has 1 unspecified atom stereocenters. The molecule has 90 valence electrons. The van der Waals surface area contributed by atoms with Crippen molar-refractivity contribution in [2.24, 2.45) is 0 Å². The molecular formula is C18H18. The summed E-state index contributed by atoms with van der Waals surface area (Å²) in [4.78, 5) is 0. The van der Waals surface area contributed by atoms with Crippen molar-refractivity contribution in [3.05, 3.63) is 65.2 Å². The normalized spacial score (nSPS) is 18.1. The quantitative estimate of drug-likeness (QED) is 0.631. The van der Waals surface area contributed by atoms with Gasteiger partial charge in [0, 0.05) is 5.92 Å². The third-order valence-electron chi connectivity index (χ3n) is 4.26. The third kappa shape index (κ3) is 1.53. The fourth-order valence-electron chi connectivity index (χ4n) is 2.96. The number of hydrogen-bond donors (Lipinski definition) is 0. The summed E-state index contributed by atoms with van der Waals surface area (Å²) in [5, 5.41) is 0. The topological polar surface area (TPSA) is 0 Å². The van der Waals surface area contributed by atoms with Crippen LogP contribution in [0.25, 0.3) is 16.7 Å². The van der Waals surface area contributed by atoms with Gasteiger partial charge < -0.3 is 0 Å². The van der Waals surface area contributed by atoms with Gasteiger partial charge in [0.15, 0.2) is 0 Å². The van der Waals surface area contributed by atoms with Crippen LogP contribution >= 0.6 is 0 Å². The molecule has 1 aliphatic rings. The van der Waals surface area contributed by atoms with E-state index in [1.165, 1.54) is 33.4 Å². The molecule has 3 rings (SSSR count). The second-order valence-corrected chi connectivity index (χ2v) is 5.17. The van der Waals surface area contributed by atoms with Crippen molar-refractivity contribution in [1.29, 1.82) is 0 Å². The van der Waals surface area contributed by atoms with Gasteiger partial charge in [-0.25, -0.2) is 0 Å². The van der Waals surface area contributed by atoms with E-state index in [1.54, 1.807) is 0 Å². The summed E-state index contributed by atoms with van der Waals surface area (Å²) in [6, 6.07) is 17.4. The zero-order valence-corrected chi connectivity index (χ0v) is 11.2. The average molecular weight is 234 g/mol. The van der Waals surface area contributed by atoms with Gasteiger partial charge in [-0.2, -0.15) is 0 Å². The Morgan fingerprint density at radius 2 is 1.56 bits per heavy atom. The maximum absolute atomic E-state index is 2.30. The number of allylic oxidation sites excluding steroid dienone is 2. The Kier molecular flexibility index (Phi) is 2.59. The van der Waals surface area contributed by atoms with Gasteiger partial charge in [0.25, 0.3) is 0 Å². The van der Waals surface area contributed by atoms with Gasteiger partial charge in [-0.3, -0.25) is 0 Å². The second kappa shape index (κ2) is 4.13. The minimum absolute atomic E-state index is 0.559. The first-order chi connectivity index (χ1) is 8.70. The zero-order chi connectivity index (χ0) is 12.7. The van der Waals surface area contributed by atoms with Crippen molar-refractivity contribution in [3.8, 4) is 11.1 Å². The van der Waals surface area contributed by atoms with Crippen LogP contribution in [-0.2, 0) is 0 Å². The molecule has 0 N–H and O–H groups in total. The smallest absolute Gasteiger partial charge is 0.00292 e. The Labute approximate surface area is 109 Å². The predicted molar refractivity (Wildman–Crippen MR) is 78.6 cm³/mol. The molecule has 0 aliphatic heterocycles. The van der Waals surface area contributed by atoms with Crippen LogP contribution in [0.4, 0.5) is 0 Å². The molecule has 18 heavy (non-hydrogen) atoms. The van der Waals surface area contributed by atoms with Crippen molar-refractivity contribution < 1.29 is 0 Å². The van der Waals surface area contributed by atoms with Crippen molar-refractivity contribution in [2.75, 3.05) is 0 Å². The molecule has 0 nitrogen and oxygen atoms in total. The van der Waals surface area contributed by atoms with E-state index < -0.39 is 0 Å². The lowest BCUT2D eigenvalue weighted by Crippen LogP contribution is -1.92. The third-order valence-corrected chi connectivity index (χ3v) is 4.26. The molecule has 0 bridgehead atoms. The number of hydrogen-bond acceptors (Lipinski definition) is 0. The standard InChI is InChI=1S/C18H18/c1-12-13(2)16-10-7-11-17(18(16)14(12)3)15-8-5-4-6-9-15/h4-11,13H,1-3H3. The summed E-state index contributed by atoms with van der Waals surface area (Å²) in [5.41, 5.74) is 8.58. The molecule has 0 saturated heterocycles. The summed E-state index contributed by atoms with van der Waals surface area (Å²) in [7, 11) is 0. The van der Waals surface area contributed by atoms with E-state index >= 15 is 0 Å². The van der Waals surface area contributed by atoms with Crippen molar-refractivity contribution >= 4 is 5.57 Å². The van der Waals surface area contributed by atoms with E-state index in [0.717, 1.165) is 0 Å². The largest absolute Gasteiger partial charge is 0.0625 e. The van der Waals surface area contributed by atoms with Crippen molar-refractivity contribution in [1.82, 2.24) is 0 Å². The monoisotopic (exact) mass is 234 g/mol. The van der Waals surface area contributed by atoms with Crippen molar-refractivity contribution in [2.45, 2.75) is 26.7 Å². The van der Waals surface area contributed by atoms with Crippen molar-refractivity contribution in [3.63, 3.8) is 0 Å². The molecule has 0 fully saturated rings. The average Bonchev–Trinajstić information content (AvgIpc) is 2.65. The van der Waals surface area contributed by atoms with Gasteiger partial charge in [0.1, 0.15) is 0 Å². The minimum Gasteiger partial charge on any atom is -0.0625 e. The molecule has 2 aromatic carbocycles. The van der Waals surface area contributed by atoms with E-state index in [1.807, 2.05) is 0 Å². The highest BCUT2D eigenvalue weighted by atomic mass is 14.3. The summed E-state index contributed by atoms with van der Waals surface area (Å²) in [5.74, 6) is 0.559. The Morgan fingerprint density at radius 1 is 0.833 bits per heavy atom. The van der Waals surface area contributed by atoms with E-state index in [2.05, 4.69) is 69.3 Å². The van der Waals surface area contributed by atoms with Crippen LogP contribution in [0.2, 0.25) is 0 Å². The molecule has 0 spiro atoms. The molecule has 0 saturated carbocycles. The lowest BCUT2D eigenvalue weighted by atomic mass is 9.92. The lowest BCUT2D eigenvalue weighted by Gasteiger charge is -2.11. The predicted octanol–water partition coefficient (Wildman–Crippen LogP) is 5.26. The Bertz CT molecular complexity index is 618. The molecule has 2 aromatic rings. The van der Waals surface area contributed by atoms with Gasteiger partial charge in [-0.15, -0.1) is 0 Å². The highest BCUT2D eigenvalue weighted by Gasteiger charge is 2.25. The van der Waals surface area contributed by atoms with Gasteiger partial charge in [0.05, 0.1) is 0 Å². The summed E-state index contributed by atoms with van der Waals surface area (Å²) in [6.45, 7) is 6.82. The van der Waals surface area contributed by atoms with Crippen LogP contribution in [0.5, 0.6) is 0 Å². The molecule has 0 heterocycles. The Balaban J connectivity index is 2.27. The molecule has 0 heteroatoms. The fourth-order valence-corrected chi connectivity index (χ4v) is 2.96. The van der Waals surface area contributed by atoms with Crippen LogP contribution in [0.15, 0.2) is 54.1 Å². The summed E-state index contributed by atoms with van der Waals surface area (Å²) >= 11 is 0. The number of rotatable bonds is 1. The van der Waals surface area contributed by atoms with Crippen LogP contribution in [0, 0.1) is 0 Å². The zero-order valence-electron chi connectivity index (χ0n) is 11.2. The van der Waals surface area contributed by atoms with Crippen LogP contribution in [0.3, 0.4) is 0 Å². The molecular weight excluding hydrogens is 216 g/mol. The first-order valence-electron chi connectivity index (χ1n) is 6.56. The van der Waals surface area contributed by atoms with Gasteiger partial charge in [-0.1, -0.05) is 61.0 Å². The minimum atomic E-state index is 0.559. The number of benzene rings is 2. The SMILES string of the molecule is CC1=C(C)C(C)c2cccc(-c3ccccc3)c21. The first-order valence-corrected chi connectivity index (χ1v) is 6.56. The fraction of sp³-hybridized carbons (Fsp3) is 0.222. The molecule has 1 atom stereocenters. The Morgan fingerprint density at radius 3 is 2.28 bits per heavy atom. The second-order valence-electron chi connectivity index (χ2n) is 5.17. The number of fused-ring (bicyclic) bond motifs is 1. The molecule has 0 radical (unpaired) electrons. The van der Waals surface area contributed by atoms with E-state index in [0.29, 0.717) is 5.92 Å². The lowest BCUT2D eigenvalue weighted by molar-refractivity contribution is 0.920. The summed E-state index contributed by atoms with van der Waals surface area (Å²) in [6.07, 6.45) is 0. The molecule has 0 amide bonds. The van der Waals surface area contributed by atoms with E-state index in [9.17, 15) is 0 Å². The molecule has 0 aromatic heterocycles. The van der Waals surface area contributed by atoms with E-state index in [-0.39, 0.29) is 0 Å². The van der Waals surface area contributed by atoms with Gasteiger partial charge in [-0.05, 0) is 41.7 Å². The highest BCUT2D eigenvalue weighted by Crippen LogP contribution is 2.45. The van der Waals surface area contributed by atoms with Gasteiger partial charge >= 0.3 is 0 Å². The maximum atomic E-state index is 2.30. The maximum Gasteiger partial charge on any atom is 0.00292 e. The highest BCUT2D eigenvalue weighted by molar-refractivity contribution is 5.87. The van der Waals surface area contributed by atoms with Gasteiger partial charge in [0.2, 0.25) is 0 Å². The first kappa shape index (κ1) is 11.3. The summed E-state index contributed by atoms with van der Waals surface area (Å²) < 4.78 is 0. The molecule has 1 aliphatic carbocycles. The van der Waals surface area contributed by atoms with E-state index in [4.69, 9.17) is 0 Å². The van der Waals surface area contributed by atoms with Crippen LogP contribution in [0.1, 0.15) is 37.8 Å².